The second-order valence-corrected chi connectivity index (χ2v) is 5.64. The lowest BCUT2D eigenvalue weighted by Gasteiger charge is -2.18. The van der Waals surface area contributed by atoms with Crippen LogP contribution in [0.1, 0.15) is 17.2 Å². The number of hydrogen-bond acceptors (Lipinski definition) is 1. The van der Waals surface area contributed by atoms with Gasteiger partial charge in [-0.15, -0.1) is 0 Å². The van der Waals surface area contributed by atoms with Gasteiger partial charge in [-0.1, -0.05) is 46.9 Å². The molecule has 0 saturated heterocycles. The van der Waals surface area contributed by atoms with E-state index in [1.165, 1.54) is 6.07 Å². The Labute approximate surface area is 132 Å². The Morgan fingerprint density at radius 2 is 1.80 bits per heavy atom. The molecule has 0 aliphatic carbocycles. The molecule has 106 valence electrons. The SMILES string of the molecule is CNC(Cc1c(F)cccc1Cl)c1ccc(Cl)c(Cl)c1. The van der Waals surface area contributed by atoms with Gasteiger partial charge >= 0.3 is 0 Å². The van der Waals surface area contributed by atoms with Gasteiger partial charge in [-0.05, 0) is 43.3 Å². The molecule has 2 aromatic carbocycles. The lowest BCUT2D eigenvalue weighted by molar-refractivity contribution is 0.554. The first kappa shape index (κ1) is 15.6. The van der Waals surface area contributed by atoms with Crippen molar-refractivity contribution in [2.45, 2.75) is 12.5 Å². The minimum absolute atomic E-state index is 0.0980. The maximum absolute atomic E-state index is 13.8. The minimum Gasteiger partial charge on any atom is -0.313 e. The van der Waals surface area contributed by atoms with Gasteiger partial charge in [-0.2, -0.15) is 0 Å². The van der Waals surface area contributed by atoms with Gasteiger partial charge in [-0.3, -0.25) is 0 Å². The Morgan fingerprint density at radius 3 is 2.40 bits per heavy atom. The molecule has 0 radical (unpaired) electrons. The van der Waals surface area contributed by atoms with Crippen molar-refractivity contribution in [2.75, 3.05) is 7.05 Å². The topological polar surface area (TPSA) is 12.0 Å². The third kappa shape index (κ3) is 3.44. The van der Waals surface area contributed by atoms with Gasteiger partial charge < -0.3 is 5.32 Å². The molecule has 0 amide bonds. The van der Waals surface area contributed by atoms with Gasteiger partial charge in [0, 0.05) is 16.6 Å². The van der Waals surface area contributed by atoms with E-state index in [-0.39, 0.29) is 11.9 Å². The zero-order valence-corrected chi connectivity index (χ0v) is 13.0. The van der Waals surface area contributed by atoms with Crippen LogP contribution in [-0.4, -0.2) is 7.05 Å². The molecule has 0 saturated carbocycles. The van der Waals surface area contributed by atoms with Gasteiger partial charge in [0.25, 0.3) is 0 Å². The first-order valence-corrected chi connectivity index (χ1v) is 7.21. The van der Waals surface area contributed by atoms with Crippen LogP contribution in [0.25, 0.3) is 0 Å². The van der Waals surface area contributed by atoms with E-state index in [0.29, 0.717) is 27.1 Å². The highest BCUT2D eigenvalue weighted by Crippen LogP contribution is 2.29. The van der Waals surface area contributed by atoms with Crippen molar-refractivity contribution in [1.29, 1.82) is 0 Å². The Hall–Kier alpha value is -0.800. The summed E-state index contributed by atoms with van der Waals surface area (Å²) in [6.45, 7) is 0. The molecule has 0 bridgehead atoms. The van der Waals surface area contributed by atoms with Crippen molar-refractivity contribution in [3.63, 3.8) is 0 Å². The normalized spacial score (nSPS) is 12.4. The molecule has 2 rings (SSSR count). The standard InChI is InChI=1S/C15H13Cl3FN/c1-20-15(9-5-6-12(17)13(18)7-9)8-10-11(16)3-2-4-14(10)19/h2-7,15,20H,8H2,1H3. The van der Waals surface area contributed by atoms with Crippen molar-refractivity contribution in [3.05, 3.63) is 68.4 Å². The molecule has 0 aliphatic rings. The van der Waals surface area contributed by atoms with E-state index < -0.39 is 0 Å². The van der Waals surface area contributed by atoms with Gasteiger partial charge in [0.15, 0.2) is 0 Å². The van der Waals surface area contributed by atoms with Crippen LogP contribution in [0, 0.1) is 5.82 Å². The summed E-state index contributed by atoms with van der Waals surface area (Å²) < 4.78 is 13.8. The Balaban J connectivity index is 2.31. The zero-order valence-electron chi connectivity index (χ0n) is 10.8. The largest absolute Gasteiger partial charge is 0.313 e. The van der Waals surface area contributed by atoms with Crippen LogP contribution in [0.5, 0.6) is 0 Å². The van der Waals surface area contributed by atoms with Crippen molar-refractivity contribution < 1.29 is 4.39 Å². The Kier molecular flexibility index (Phi) is 5.28. The first-order valence-electron chi connectivity index (χ1n) is 6.08. The lowest BCUT2D eigenvalue weighted by Crippen LogP contribution is -2.19. The molecule has 1 N–H and O–H groups in total. The summed E-state index contributed by atoms with van der Waals surface area (Å²) in [5.41, 5.74) is 1.42. The van der Waals surface area contributed by atoms with Crippen LogP contribution in [-0.2, 0) is 6.42 Å². The third-order valence-corrected chi connectivity index (χ3v) is 4.26. The van der Waals surface area contributed by atoms with E-state index in [4.69, 9.17) is 34.8 Å². The summed E-state index contributed by atoms with van der Waals surface area (Å²) in [7, 11) is 1.81. The first-order chi connectivity index (χ1) is 9.52. The van der Waals surface area contributed by atoms with E-state index in [1.807, 2.05) is 13.1 Å². The quantitative estimate of drug-likeness (QED) is 0.802. The molecule has 0 heterocycles. The van der Waals surface area contributed by atoms with Crippen molar-refractivity contribution in [3.8, 4) is 0 Å². The maximum Gasteiger partial charge on any atom is 0.127 e. The van der Waals surface area contributed by atoms with Crippen LogP contribution < -0.4 is 5.32 Å². The van der Waals surface area contributed by atoms with Crippen LogP contribution in [0.3, 0.4) is 0 Å². The molecular weight excluding hydrogens is 320 g/mol. The molecule has 5 heteroatoms. The summed E-state index contributed by atoms with van der Waals surface area (Å²) in [5, 5.41) is 4.53. The zero-order chi connectivity index (χ0) is 14.7. The fourth-order valence-corrected chi connectivity index (χ4v) is 2.59. The summed E-state index contributed by atoms with van der Waals surface area (Å²) in [4.78, 5) is 0. The van der Waals surface area contributed by atoms with Crippen molar-refractivity contribution >= 4 is 34.8 Å². The van der Waals surface area contributed by atoms with E-state index in [9.17, 15) is 4.39 Å². The highest BCUT2D eigenvalue weighted by atomic mass is 35.5. The number of benzene rings is 2. The number of rotatable bonds is 4. The predicted octanol–water partition coefficient (Wildman–Crippen LogP) is 5.29. The van der Waals surface area contributed by atoms with Crippen LogP contribution in [0.15, 0.2) is 36.4 Å². The molecule has 0 aliphatic heterocycles. The van der Waals surface area contributed by atoms with Crippen molar-refractivity contribution in [2.24, 2.45) is 0 Å². The lowest BCUT2D eigenvalue weighted by atomic mass is 9.98. The van der Waals surface area contributed by atoms with E-state index in [0.717, 1.165) is 5.56 Å². The highest BCUT2D eigenvalue weighted by molar-refractivity contribution is 6.42. The summed E-state index contributed by atoms with van der Waals surface area (Å²) in [6.07, 6.45) is 0.431. The number of nitrogens with one attached hydrogen (secondary N) is 1. The number of halogens is 4. The highest BCUT2D eigenvalue weighted by Gasteiger charge is 2.16. The van der Waals surface area contributed by atoms with Crippen LogP contribution >= 0.6 is 34.8 Å². The molecule has 1 atom stereocenters. The summed E-state index contributed by atoms with van der Waals surface area (Å²) in [5.74, 6) is -0.308. The van der Waals surface area contributed by atoms with Crippen LogP contribution in [0.2, 0.25) is 15.1 Å². The van der Waals surface area contributed by atoms with Crippen LogP contribution in [0.4, 0.5) is 4.39 Å². The van der Waals surface area contributed by atoms with E-state index in [2.05, 4.69) is 5.32 Å². The minimum atomic E-state index is -0.308. The van der Waals surface area contributed by atoms with Gasteiger partial charge in [-0.25, -0.2) is 4.39 Å². The van der Waals surface area contributed by atoms with Gasteiger partial charge in [0.1, 0.15) is 5.82 Å². The monoisotopic (exact) mass is 331 g/mol. The average molecular weight is 333 g/mol. The second kappa shape index (κ2) is 6.77. The molecule has 1 nitrogen and oxygen atoms in total. The van der Waals surface area contributed by atoms with E-state index in [1.54, 1.807) is 24.3 Å². The molecule has 0 aromatic heterocycles. The smallest absolute Gasteiger partial charge is 0.127 e. The van der Waals surface area contributed by atoms with Gasteiger partial charge in [0.2, 0.25) is 0 Å². The molecule has 0 spiro atoms. The summed E-state index contributed by atoms with van der Waals surface area (Å²) in [6, 6.07) is 9.95. The number of hydrogen-bond donors (Lipinski definition) is 1. The third-order valence-electron chi connectivity index (χ3n) is 3.16. The van der Waals surface area contributed by atoms with Gasteiger partial charge in [0.05, 0.1) is 10.0 Å². The maximum atomic E-state index is 13.8. The molecule has 1 unspecified atom stereocenters. The second-order valence-electron chi connectivity index (χ2n) is 4.42. The molecule has 2 aromatic rings. The fourth-order valence-electron chi connectivity index (χ4n) is 2.05. The fraction of sp³-hybridized carbons (Fsp3) is 0.200. The molecule has 20 heavy (non-hydrogen) atoms. The number of likely N-dealkylation sites (N-methyl/N-ethyl adjacent to an activating group) is 1. The Bertz CT molecular complexity index is 596. The summed E-state index contributed by atoms with van der Waals surface area (Å²) >= 11 is 18.0. The van der Waals surface area contributed by atoms with E-state index >= 15 is 0 Å². The average Bonchev–Trinajstić information content (AvgIpc) is 2.42. The molecule has 0 fully saturated rings. The van der Waals surface area contributed by atoms with Crippen molar-refractivity contribution in [1.82, 2.24) is 5.32 Å². The molecular formula is C15H13Cl3FN. The predicted molar refractivity (Wildman–Crippen MR) is 83.4 cm³/mol. The Morgan fingerprint density at radius 1 is 1.05 bits per heavy atom.